The van der Waals surface area contributed by atoms with E-state index in [9.17, 15) is 4.79 Å². The number of rotatable bonds is 7. The molecule has 3 rings (SSSR count). The van der Waals surface area contributed by atoms with Crippen molar-refractivity contribution in [1.29, 1.82) is 0 Å². The van der Waals surface area contributed by atoms with Crippen LogP contribution >= 0.6 is 0 Å². The number of nitrogens with zero attached hydrogens (tertiary/aromatic N) is 2. The minimum atomic E-state index is -0.710. The van der Waals surface area contributed by atoms with Gasteiger partial charge in [-0.05, 0) is 43.0 Å². The van der Waals surface area contributed by atoms with Crippen molar-refractivity contribution in [3.63, 3.8) is 0 Å². The lowest BCUT2D eigenvalue weighted by Crippen LogP contribution is -1.94. The lowest BCUT2D eigenvalue weighted by atomic mass is 10.1. The van der Waals surface area contributed by atoms with Gasteiger partial charge in [0.1, 0.15) is 0 Å². The molecule has 0 bridgehead atoms. The summed E-state index contributed by atoms with van der Waals surface area (Å²) in [4.78, 5) is 14.8. The van der Waals surface area contributed by atoms with Crippen LogP contribution in [0.15, 0.2) is 55.0 Å². The van der Waals surface area contributed by atoms with E-state index < -0.39 is 5.97 Å². The maximum Gasteiger partial charge on any atom is 0.303 e. The Balaban J connectivity index is 1.80. The summed E-state index contributed by atoms with van der Waals surface area (Å²) in [5, 5.41) is 9.95. The number of aromatic nitrogens is 2. The van der Waals surface area contributed by atoms with E-state index in [1.807, 2.05) is 18.3 Å². The van der Waals surface area contributed by atoms with E-state index in [1.165, 1.54) is 16.5 Å². The summed E-state index contributed by atoms with van der Waals surface area (Å²) in [5.74, 6) is -0.710. The summed E-state index contributed by atoms with van der Waals surface area (Å²) in [6.45, 7) is 0. The number of hydrogen-bond donors (Lipinski definition) is 1. The Labute approximate surface area is 135 Å². The van der Waals surface area contributed by atoms with Gasteiger partial charge in [-0.2, -0.15) is 0 Å². The van der Waals surface area contributed by atoms with Crippen LogP contribution in [0.5, 0.6) is 0 Å². The Morgan fingerprint density at radius 3 is 2.74 bits per heavy atom. The molecule has 0 spiro atoms. The Hall–Kier alpha value is -2.62. The van der Waals surface area contributed by atoms with E-state index in [0.717, 1.165) is 31.4 Å². The third-order valence-corrected chi connectivity index (χ3v) is 4.06. The number of pyridine rings is 1. The molecule has 2 heterocycles. The van der Waals surface area contributed by atoms with E-state index >= 15 is 0 Å². The summed E-state index contributed by atoms with van der Waals surface area (Å²) in [7, 11) is 0. The van der Waals surface area contributed by atoms with Crippen LogP contribution in [0, 0.1) is 0 Å². The van der Waals surface area contributed by atoms with Crippen molar-refractivity contribution < 1.29 is 9.90 Å². The third kappa shape index (κ3) is 3.59. The maximum atomic E-state index is 10.6. The molecule has 0 aliphatic carbocycles. The monoisotopic (exact) mass is 308 g/mol. The van der Waals surface area contributed by atoms with Gasteiger partial charge in [-0.1, -0.05) is 24.6 Å². The van der Waals surface area contributed by atoms with Gasteiger partial charge in [-0.25, -0.2) is 0 Å². The van der Waals surface area contributed by atoms with Crippen LogP contribution in [0.4, 0.5) is 0 Å². The van der Waals surface area contributed by atoms with Crippen LogP contribution in [-0.4, -0.2) is 20.6 Å². The Morgan fingerprint density at radius 2 is 1.96 bits per heavy atom. The molecule has 0 radical (unpaired) electrons. The number of carboxylic acid groups (broad SMARTS) is 1. The number of fused-ring (bicyclic) bond motifs is 1. The maximum absolute atomic E-state index is 10.6. The van der Waals surface area contributed by atoms with Gasteiger partial charge in [0.2, 0.25) is 0 Å². The van der Waals surface area contributed by atoms with Crippen LogP contribution < -0.4 is 0 Å². The molecule has 0 saturated carbocycles. The van der Waals surface area contributed by atoms with Crippen LogP contribution in [0.1, 0.15) is 31.2 Å². The smallest absolute Gasteiger partial charge is 0.303 e. The molecular weight excluding hydrogens is 288 g/mol. The largest absolute Gasteiger partial charge is 0.481 e. The normalized spacial score (nSPS) is 11.0. The molecule has 2 aromatic heterocycles. The van der Waals surface area contributed by atoms with Crippen LogP contribution in [0.2, 0.25) is 0 Å². The zero-order valence-corrected chi connectivity index (χ0v) is 13.0. The Kier molecular flexibility index (Phi) is 4.71. The van der Waals surface area contributed by atoms with Gasteiger partial charge in [0.25, 0.3) is 0 Å². The number of carbonyl (C=O) groups is 1. The first kappa shape index (κ1) is 15.3. The average Bonchev–Trinajstić information content (AvgIpc) is 2.94. The second-order valence-electron chi connectivity index (χ2n) is 5.71. The highest BCUT2D eigenvalue weighted by Crippen LogP contribution is 2.26. The summed E-state index contributed by atoms with van der Waals surface area (Å²) in [5.41, 5.74) is 3.54. The molecule has 118 valence electrons. The molecule has 0 atom stereocenters. The third-order valence-electron chi connectivity index (χ3n) is 4.06. The highest BCUT2D eigenvalue weighted by Gasteiger charge is 2.09. The predicted octanol–water partition coefficient (Wildman–Crippen LogP) is 4.21. The number of hydrogen-bond acceptors (Lipinski definition) is 2. The SMILES string of the molecule is O=C(O)CCCCCc1cn(-c2cccnc2)c2ccccc12. The zero-order chi connectivity index (χ0) is 16.1. The van der Waals surface area contributed by atoms with Gasteiger partial charge in [-0.3, -0.25) is 9.78 Å². The first-order valence-electron chi connectivity index (χ1n) is 7.97. The fourth-order valence-corrected chi connectivity index (χ4v) is 2.93. The fourth-order valence-electron chi connectivity index (χ4n) is 2.93. The molecule has 0 saturated heterocycles. The second kappa shape index (κ2) is 7.09. The lowest BCUT2D eigenvalue weighted by Gasteiger charge is -2.03. The highest BCUT2D eigenvalue weighted by atomic mass is 16.4. The minimum Gasteiger partial charge on any atom is -0.481 e. The van der Waals surface area contributed by atoms with Crippen molar-refractivity contribution in [1.82, 2.24) is 9.55 Å². The number of carboxylic acids is 1. The van der Waals surface area contributed by atoms with Crippen molar-refractivity contribution in [3.8, 4) is 5.69 Å². The van der Waals surface area contributed by atoms with Gasteiger partial charge in [0, 0.05) is 24.2 Å². The molecule has 0 fully saturated rings. The van der Waals surface area contributed by atoms with Gasteiger partial charge in [0.05, 0.1) is 17.4 Å². The quantitative estimate of drug-likeness (QED) is 0.665. The molecule has 0 aliphatic heterocycles. The first-order valence-corrected chi connectivity index (χ1v) is 7.97. The van der Waals surface area contributed by atoms with Crippen molar-refractivity contribution in [2.75, 3.05) is 0 Å². The Bertz CT molecular complexity index is 793. The lowest BCUT2D eigenvalue weighted by molar-refractivity contribution is -0.137. The molecule has 4 heteroatoms. The van der Waals surface area contributed by atoms with Crippen molar-refractivity contribution in [2.24, 2.45) is 0 Å². The van der Waals surface area contributed by atoms with Crippen molar-refractivity contribution in [2.45, 2.75) is 32.1 Å². The van der Waals surface area contributed by atoms with Crippen molar-refractivity contribution >= 4 is 16.9 Å². The Morgan fingerprint density at radius 1 is 1.09 bits per heavy atom. The molecular formula is C19H20N2O2. The molecule has 0 aliphatic rings. The van der Waals surface area contributed by atoms with Gasteiger partial charge < -0.3 is 9.67 Å². The van der Waals surface area contributed by atoms with Gasteiger partial charge in [-0.15, -0.1) is 0 Å². The van der Waals surface area contributed by atoms with Crippen molar-refractivity contribution in [3.05, 3.63) is 60.6 Å². The molecule has 3 aromatic rings. The fraction of sp³-hybridized carbons (Fsp3) is 0.263. The standard InChI is InChI=1S/C19H20N2O2/c22-19(23)11-3-1-2-7-15-14-21(16-8-6-12-20-13-16)18-10-5-4-9-17(15)18/h4-6,8-10,12-14H,1-3,7,11H2,(H,22,23). The zero-order valence-electron chi connectivity index (χ0n) is 13.0. The minimum absolute atomic E-state index is 0.261. The van der Waals surface area contributed by atoms with E-state index in [4.69, 9.17) is 5.11 Å². The summed E-state index contributed by atoms with van der Waals surface area (Å²) < 4.78 is 2.18. The number of unbranched alkanes of at least 4 members (excludes halogenated alkanes) is 2. The average molecular weight is 308 g/mol. The van der Waals surface area contributed by atoms with E-state index in [0.29, 0.717) is 0 Å². The highest BCUT2D eigenvalue weighted by molar-refractivity contribution is 5.85. The summed E-state index contributed by atoms with van der Waals surface area (Å²) in [6, 6.07) is 12.4. The number of aryl methyl sites for hydroxylation is 1. The first-order chi connectivity index (χ1) is 11.3. The molecule has 23 heavy (non-hydrogen) atoms. The molecule has 0 amide bonds. The molecule has 4 nitrogen and oxygen atoms in total. The van der Waals surface area contributed by atoms with E-state index in [-0.39, 0.29) is 6.42 Å². The van der Waals surface area contributed by atoms with E-state index in [1.54, 1.807) is 6.20 Å². The number of para-hydroxylation sites is 1. The number of aliphatic carboxylic acids is 1. The number of benzene rings is 1. The predicted molar refractivity (Wildman–Crippen MR) is 90.9 cm³/mol. The summed E-state index contributed by atoms with van der Waals surface area (Å²) in [6.07, 6.45) is 9.74. The summed E-state index contributed by atoms with van der Waals surface area (Å²) >= 11 is 0. The van der Waals surface area contributed by atoms with Crippen LogP contribution in [0.25, 0.3) is 16.6 Å². The van der Waals surface area contributed by atoms with Gasteiger partial charge >= 0.3 is 5.97 Å². The second-order valence-corrected chi connectivity index (χ2v) is 5.71. The molecule has 1 aromatic carbocycles. The van der Waals surface area contributed by atoms with Crippen LogP contribution in [0.3, 0.4) is 0 Å². The molecule has 0 unspecified atom stereocenters. The van der Waals surface area contributed by atoms with Gasteiger partial charge in [0.15, 0.2) is 0 Å². The van der Waals surface area contributed by atoms with Crippen LogP contribution in [-0.2, 0) is 11.2 Å². The van der Waals surface area contributed by atoms with E-state index in [2.05, 4.69) is 40.0 Å². The topological polar surface area (TPSA) is 55.1 Å². The molecule has 1 N–H and O–H groups in total.